The maximum atomic E-state index is 6.26. The van der Waals surface area contributed by atoms with Crippen molar-refractivity contribution in [2.75, 3.05) is 4.90 Å². The van der Waals surface area contributed by atoms with E-state index < -0.39 is 0 Å². The van der Waals surface area contributed by atoms with Gasteiger partial charge in [0.2, 0.25) is 0 Å². The molecule has 1 heterocycles. The molecule has 0 unspecified atom stereocenters. The summed E-state index contributed by atoms with van der Waals surface area (Å²) >= 11 is 0. The van der Waals surface area contributed by atoms with Gasteiger partial charge in [0.05, 0.1) is 0 Å². The molecule has 0 radical (unpaired) electrons. The Hall–Kier alpha value is -8.72. The lowest BCUT2D eigenvalue weighted by Gasteiger charge is -2.26. The minimum Gasteiger partial charge on any atom is -0.456 e. The van der Waals surface area contributed by atoms with Crippen LogP contribution in [-0.2, 0) is 0 Å². The SMILES string of the molecule is c1ccc2c(c1)ccc1c(-c3ccc(-c4ccc(N(c5ccc(-c6cccc7c6ccc6ccccc67)cc5)c5ccc(-c6cccc7oc8ccccc8c67)cc5)cc4)cc3)cccc12. The lowest BCUT2D eigenvalue weighted by Crippen LogP contribution is -2.09. The number of nitrogens with zero attached hydrogens (tertiary/aromatic N) is 1. The average molecular weight is 840 g/mol. The van der Waals surface area contributed by atoms with Crippen LogP contribution < -0.4 is 4.90 Å². The van der Waals surface area contributed by atoms with Crippen LogP contribution in [0, 0.1) is 0 Å². The molecule has 0 amide bonds. The molecule has 2 nitrogen and oxygen atoms in total. The molecule has 0 saturated carbocycles. The van der Waals surface area contributed by atoms with Gasteiger partial charge in [0.1, 0.15) is 11.2 Å². The third-order valence-corrected chi connectivity index (χ3v) is 13.5. The molecule has 0 N–H and O–H groups in total. The van der Waals surface area contributed by atoms with Crippen molar-refractivity contribution in [2.45, 2.75) is 0 Å². The van der Waals surface area contributed by atoms with Crippen LogP contribution in [0.4, 0.5) is 17.1 Å². The maximum absolute atomic E-state index is 6.26. The second-order valence-corrected chi connectivity index (χ2v) is 17.2. The Morgan fingerprint density at radius 1 is 0.227 bits per heavy atom. The molecule has 0 aliphatic carbocycles. The van der Waals surface area contributed by atoms with Crippen LogP contribution in [0.15, 0.2) is 253 Å². The highest BCUT2D eigenvalue weighted by atomic mass is 16.3. The number of benzene rings is 12. The molecular formula is C64H41NO. The van der Waals surface area contributed by atoms with Crippen molar-refractivity contribution >= 4 is 82.1 Å². The predicted molar refractivity (Wildman–Crippen MR) is 280 cm³/mol. The highest BCUT2D eigenvalue weighted by Gasteiger charge is 2.17. The first-order valence-corrected chi connectivity index (χ1v) is 22.7. The first kappa shape index (κ1) is 37.8. The number of para-hydroxylation sites is 1. The Labute approximate surface area is 382 Å². The molecule has 0 atom stereocenters. The second-order valence-electron chi connectivity index (χ2n) is 17.2. The zero-order chi connectivity index (χ0) is 43.6. The first-order valence-electron chi connectivity index (χ1n) is 22.7. The van der Waals surface area contributed by atoms with Crippen molar-refractivity contribution in [1.82, 2.24) is 0 Å². The van der Waals surface area contributed by atoms with Gasteiger partial charge in [0.25, 0.3) is 0 Å². The molecule has 308 valence electrons. The van der Waals surface area contributed by atoms with Crippen LogP contribution in [0.2, 0.25) is 0 Å². The van der Waals surface area contributed by atoms with E-state index in [1.54, 1.807) is 0 Å². The number of hydrogen-bond acceptors (Lipinski definition) is 2. The highest BCUT2D eigenvalue weighted by Crippen LogP contribution is 2.42. The van der Waals surface area contributed by atoms with Gasteiger partial charge in [-0.3, -0.25) is 0 Å². The van der Waals surface area contributed by atoms with Gasteiger partial charge in [0.15, 0.2) is 0 Å². The minimum atomic E-state index is 0.899. The average Bonchev–Trinajstić information content (AvgIpc) is 3.78. The summed E-state index contributed by atoms with van der Waals surface area (Å²) in [5, 5.41) is 12.4. The van der Waals surface area contributed by atoms with Gasteiger partial charge in [-0.25, -0.2) is 0 Å². The molecule has 0 spiro atoms. The first-order chi connectivity index (χ1) is 32.7. The number of anilines is 3. The third kappa shape index (κ3) is 6.34. The van der Waals surface area contributed by atoms with Crippen LogP contribution in [0.1, 0.15) is 0 Å². The fraction of sp³-hybridized carbons (Fsp3) is 0. The smallest absolute Gasteiger partial charge is 0.136 e. The number of rotatable bonds is 7. The van der Waals surface area contributed by atoms with Crippen LogP contribution in [0.5, 0.6) is 0 Å². The zero-order valence-corrected chi connectivity index (χ0v) is 36.0. The molecule has 13 rings (SSSR count). The summed E-state index contributed by atoms with van der Waals surface area (Å²) in [6.45, 7) is 0. The van der Waals surface area contributed by atoms with E-state index in [1.165, 1.54) is 76.5 Å². The molecular weight excluding hydrogens is 799 g/mol. The Kier molecular flexibility index (Phi) is 8.89. The summed E-state index contributed by atoms with van der Waals surface area (Å²) in [5.41, 5.74) is 14.6. The summed E-state index contributed by atoms with van der Waals surface area (Å²) in [5.74, 6) is 0. The molecule has 0 aliphatic rings. The van der Waals surface area contributed by atoms with E-state index >= 15 is 0 Å². The van der Waals surface area contributed by atoms with E-state index in [0.717, 1.165) is 50.1 Å². The van der Waals surface area contributed by atoms with Crippen molar-refractivity contribution in [3.05, 3.63) is 249 Å². The van der Waals surface area contributed by atoms with Gasteiger partial charge in [0, 0.05) is 27.8 Å². The summed E-state index contributed by atoms with van der Waals surface area (Å²) in [6, 6.07) is 90.2. The quantitative estimate of drug-likeness (QED) is 0.149. The van der Waals surface area contributed by atoms with Crippen LogP contribution >= 0.6 is 0 Å². The molecule has 66 heavy (non-hydrogen) atoms. The van der Waals surface area contributed by atoms with Crippen molar-refractivity contribution < 1.29 is 4.42 Å². The fourth-order valence-corrected chi connectivity index (χ4v) is 10.3. The van der Waals surface area contributed by atoms with E-state index in [-0.39, 0.29) is 0 Å². The monoisotopic (exact) mass is 839 g/mol. The number of hydrogen-bond donors (Lipinski definition) is 0. The van der Waals surface area contributed by atoms with E-state index in [0.29, 0.717) is 0 Å². The summed E-state index contributed by atoms with van der Waals surface area (Å²) in [4.78, 5) is 2.36. The second kappa shape index (κ2) is 15.5. The molecule has 0 bridgehead atoms. The number of furan rings is 1. The van der Waals surface area contributed by atoms with Crippen molar-refractivity contribution in [2.24, 2.45) is 0 Å². The summed E-state index contributed by atoms with van der Waals surface area (Å²) in [7, 11) is 0. The Morgan fingerprint density at radius 3 is 1.15 bits per heavy atom. The highest BCUT2D eigenvalue weighted by molar-refractivity contribution is 6.14. The number of fused-ring (bicyclic) bond motifs is 9. The topological polar surface area (TPSA) is 16.4 Å². The third-order valence-electron chi connectivity index (χ3n) is 13.5. The van der Waals surface area contributed by atoms with Crippen LogP contribution in [0.25, 0.3) is 110 Å². The predicted octanol–water partition coefficient (Wildman–Crippen LogP) is 18.3. The molecule has 0 fully saturated rings. The van der Waals surface area contributed by atoms with Gasteiger partial charge in [-0.2, -0.15) is 0 Å². The Morgan fingerprint density at radius 2 is 0.606 bits per heavy atom. The van der Waals surface area contributed by atoms with Gasteiger partial charge >= 0.3 is 0 Å². The van der Waals surface area contributed by atoms with E-state index in [9.17, 15) is 0 Å². The molecule has 0 saturated heterocycles. The van der Waals surface area contributed by atoms with Gasteiger partial charge in [-0.1, -0.05) is 200 Å². The standard InChI is InChI=1S/C64H41NO/c1-3-12-52-44(10-1)32-40-59-54(15-7-18-57(52)59)46-24-22-42(23-25-46)43-26-34-49(35-27-43)65(51-38-30-48(31-39-51)56-17-9-21-63-64(56)61-14-5-6-20-62(61)66-63)50-36-28-47(29-37-50)55-16-8-19-58-53-13-4-2-11-45(53)33-41-60(55)58/h1-41H. The summed E-state index contributed by atoms with van der Waals surface area (Å²) < 4.78 is 6.26. The molecule has 13 aromatic rings. The normalized spacial score (nSPS) is 11.6. The molecule has 12 aromatic carbocycles. The molecule has 0 aliphatic heterocycles. The lowest BCUT2D eigenvalue weighted by atomic mass is 9.93. The van der Waals surface area contributed by atoms with E-state index in [1.807, 2.05) is 12.1 Å². The van der Waals surface area contributed by atoms with Gasteiger partial charge in [-0.15, -0.1) is 0 Å². The fourth-order valence-electron chi connectivity index (χ4n) is 10.3. The molecule has 2 heteroatoms. The Balaban J connectivity index is 0.866. The maximum Gasteiger partial charge on any atom is 0.136 e. The zero-order valence-electron chi connectivity index (χ0n) is 36.0. The minimum absolute atomic E-state index is 0.899. The van der Waals surface area contributed by atoms with E-state index in [4.69, 9.17) is 4.42 Å². The lowest BCUT2D eigenvalue weighted by molar-refractivity contribution is 0.669. The molecule has 1 aromatic heterocycles. The Bertz CT molecular complexity index is 3960. The van der Waals surface area contributed by atoms with Crippen molar-refractivity contribution in [3.8, 4) is 44.5 Å². The van der Waals surface area contributed by atoms with Crippen LogP contribution in [-0.4, -0.2) is 0 Å². The van der Waals surface area contributed by atoms with Crippen molar-refractivity contribution in [1.29, 1.82) is 0 Å². The largest absolute Gasteiger partial charge is 0.456 e. The summed E-state index contributed by atoms with van der Waals surface area (Å²) in [6.07, 6.45) is 0. The van der Waals surface area contributed by atoms with Gasteiger partial charge < -0.3 is 9.32 Å². The van der Waals surface area contributed by atoms with Crippen molar-refractivity contribution in [3.63, 3.8) is 0 Å². The van der Waals surface area contributed by atoms with Crippen LogP contribution in [0.3, 0.4) is 0 Å². The van der Waals surface area contributed by atoms with Gasteiger partial charge in [-0.05, 0) is 136 Å². The van der Waals surface area contributed by atoms with E-state index in [2.05, 4.69) is 241 Å².